The number of carbonyl (C=O) groups is 1. The molecular weight excluding hydrogens is 372 g/mol. The first-order valence-electron chi connectivity index (χ1n) is 10.1. The molecule has 0 saturated heterocycles. The van der Waals surface area contributed by atoms with E-state index in [4.69, 9.17) is 0 Å². The van der Waals surface area contributed by atoms with E-state index in [0.717, 1.165) is 11.3 Å². The molecule has 5 heteroatoms. The van der Waals surface area contributed by atoms with Crippen molar-refractivity contribution in [3.05, 3.63) is 103 Å². The van der Waals surface area contributed by atoms with E-state index in [-0.39, 0.29) is 5.91 Å². The number of hydrogen-bond acceptors (Lipinski definition) is 3. The molecule has 1 aliphatic rings. The molecule has 0 spiro atoms. The lowest BCUT2D eigenvalue weighted by molar-refractivity contribution is -0.124. The summed E-state index contributed by atoms with van der Waals surface area (Å²) in [5.74, 6) is 0.720. The van der Waals surface area contributed by atoms with Crippen molar-refractivity contribution in [1.82, 2.24) is 14.5 Å². The van der Waals surface area contributed by atoms with Gasteiger partial charge in [-0.2, -0.15) is 0 Å². The third kappa shape index (κ3) is 3.08. The van der Waals surface area contributed by atoms with Gasteiger partial charge in [0.15, 0.2) is 0 Å². The molecule has 0 fully saturated rings. The molecule has 0 bridgehead atoms. The highest BCUT2D eigenvalue weighted by molar-refractivity contribution is 6.01. The molecule has 3 heterocycles. The van der Waals surface area contributed by atoms with Crippen LogP contribution in [0.4, 0.5) is 5.95 Å². The molecule has 5 nitrogen and oxygen atoms in total. The third-order valence-electron chi connectivity index (χ3n) is 5.76. The quantitative estimate of drug-likeness (QED) is 0.502. The van der Waals surface area contributed by atoms with Gasteiger partial charge in [0.25, 0.3) is 5.91 Å². The van der Waals surface area contributed by atoms with Gasteiger partial charge in [-0.05, 0) is 35.7 Å². The summed E-state index contributed by atoms with van der Waals surface area (Å²) in [7, 11) is 0. The maximum absolute atomic E-state index is 13.5. The molecule has 2 aromatic carbocycles. The van der Waals surface area contributed by atoms with Crippen LogP contribution in [-0.4, -0.2) is 20.4 Å². The lowest BCUT2D eigenvalue weighted by atomic mass is 9.91. The fourth-order valence-corrected chi connectivity index (χ4v) is 4.17. The van der Waals surface area contributed by atoms with Gasteiger partial charge in [-0.15, -0.1) is 0 Å². The fourth-order valence-electron chi connectivity index (χ4n) is 4.17. The van der Waals surface area contributed by atoms with Crippen molar-refractivity contribution in [3.63, 3.8) is 0 Å². The standard InChI is InChI=1S/C25H22N4O/c1-25(17-19-10-12-21(13-11-19)20-7-3-2-4-8-20)23(30)28(24-27-15-16-29(24)25)18-22-9-5-6-14-26-22/h2-16H,17-18H2,1H3. The van der Waals surface area contributed by atoms with Crippen LogP contribution in [0.5, 0.6) is 0 Å². The fraction of sp³-hybridized carbons (Fsp3) is 0.160. The molecule has 0 N–H and O–H groups in total. The van der Waals surface area contributed by atoms with E-state index in [2.05, 4.69) is 46.4 Å². The highest BCUT2D eigenvalue weighted by Crippen LogP contribution is 2.37. The van der Waals surface area contributed by atoms with Gasteiger partial charge in [0.05, 0.1) is 12.2 Å². The number of hydrogen-bond donors (Lipinski definition) is 0. The van der Waals surface area contributed by atoms with E-state index in [1.54, 1.807) is 17.3 Å². The van der Waals surface area contributed by atoms with Crippen LogP contribution in [0.3, 0.4) is 0 Å². The Morgan fingerprint density at radius 1 is 0.833 bits per heavy atom. The van der Waals surface area contributed by atoms with E-state index in [0.29, 0.717) is 18.9 Å². The molecule has 0 aliphatic carbocycles. The minimum absolute atomic E-state index is 0.0448. The summed E-state index contributed by atoms with van der Waals surface area (Å²) in [5.41, 5.74) is 3.60. The van der Waals surface area contributed by atoms with Gasteiger partial charge in [-0.25, -0.2) is 4.98 Å². The number of carbonyl (C=O) groups excluding carboxylic acids is 1. The summed E-state index contributed by atoms with van der Waals surface area (Å²) >= 11 is 0. The molecule has 0 saturated carbocycles. The first kappa shape index (κ1) is 18.3. The van der Waals surface area contributed by atoms with Crippen LogP contribution in [0.1, 0.15) is 18.2 Å². The number of rotatable bonds is 5. The Hall–Kier alpha value is -3.73. The van der Waals surface area contributed by atoms with Crippen molar-refractivity contribution in [1.29, 1.82) is 0 Å². The molecule has 1 atom stereocenters. The molecule has 1 unspecified atom stereocenters. The second kappa shape index (κ2) is 7.26. The van der Waals surface area contributed by atoms with Gasteiger partial charge < -0.3 is 4.57 Å². The number of pyridine rings is 1. The Labute approximate surface area is 175 Å². The lowest BCUT2D eigenvalue weighted by Crippen LogP contribution is -2.42. The van der Waals surface area contributed by atoms with Crippen molar-refractivity contribution in [2.75, 3.05) is 4.90 Å². The highest BCUT2D eigenvalue weighted by atomic mass is 16.2. The van der Waals surface area contributed by atoms with Crippen molar-refractivity contribution >= 4 is 11.9 Å². The average molecular weight is 394 g/mol. The molecule has 0 radical (unpaired) electrons. The Morgan fingerprint density at radius 3 is 2.30 bits per heavy atom. The molecule has 148 valence electrons. The van der Waals surface area contributed by atoms with Crippen molar-refractivity contribution in [2.45, 2.75) is 25.4 Å². The topological polar surface area (TPSA) is 51.0 Å². The minimum Gasteiger partial charge on any atom is -0.302 e. The van der Waals surface area contributed by atoms with Gasteiger partial charge in [0.1, 0.15) is 5.54 Å². The largest absolute Gasteiger partial charge is 0.302 e. The molecule has 30 heavy (non-hydrogen) atoms. The Balaban J connectivity index is 1.42. The van der Waals surface area contributed by atoms with E-state index in [9.17, 15) is 4.79 Å². The molecule has 1 amide bonds. The molecule has 2 aromatic heterocycles. The van der Waals surface area contributed by atoms with Crippen LogP contribution in [0, 0.1) is 0 Å². The Bertz CT molecular complexity index is 1170. The molecular formula is C25H22N4O. The summed E-state index contributed by atoms with van der Waals surface area (Å²) < 4.78 is 1.99. The van der Waals surface area contributed by atoms with Crippen LogP contribution in [0.25, 0.3) is 11.1 Å². The number of amides is 1. The number of fused-ring (bicyclic) bond motifs is 1. The van der Waals surface area contributed by atoms with E-state index in [1.165, 1.54) is 11.1 Å². The second-order valence-corrected chi connectivity index (χ2v) is 7.82. The summed E-state index contributed by atoms with van der Waals surface area (Å²) in [5, 5.41) is 0. The number of anilines is 1. The van der Waals surface area contributed by atoms with Gasteiger partial charge in [-0.1, -0.05) is 60.7 Å². The Morgan fingerprint density at radius 2 is 1.57 bits per heavy atom. The predicted molar refractivity (Wildman–Crippen MR) is 117 cm³/mol. The van der Waals surface area contributed by atoms with E-state index < -0.39 is 5.54 Å². The number of imidazole rings is 1. The summed E-state index contributed by atoms with van der Waals surface area (Å²) in [6, 6.07) is 24.5. The maximum atomic E-state index is 13.5. The monoisotopic (exact) mass is 394 g/mol. The molecule has 1 aliphatic heterocycles. The van der Waals surface area contributed by atoms with Crippen LogP contribution in [0.15, 0.2) is 91.4 Å². The van der Waals surface area contributed by atoms with Crippen LogP contribution in [-0.2, 0) is 23.3 Å². The normalized spacial score (nSPS) is 17.9. The van der Waals surface area contributed by atoms with Crippen molar-refractivity contribution < 1.29 is 4.79 Å². The predicted octanol–water partition coefficient (Wildman–Crippen LogP) is 4.45. The summed E-state index contributed by atoms with van der Waals surface area (Å²) in [4.78, 5) is 24.0. The summed E-state index contributed by atoms with van der Waals surface area (Å²) in [6.07, 6.45) is 5.99. The van der Waals surface area contributed by atoms with Gasteiger partial charge in [0.2, 0.25) is 5.95 Å². The summed E-state index contributed by atoms with van der Waals surface area (Å²) in [6.45, 7) is 2.41. The maximum Gasteiger partial charge on any atom is 0.256 e. The molecule has 5 rings (SSSR count). The SMILES string of the molecule is CC1(Cc2ccc(-c3ccccc3)cc2)C(=O)N(Cc2ccccn2)c2nccn21. The van der Waals surface area contributed by atoms with Crippen molar-refractivity contribution in [3.8, 4) is 11.1 Å². The van der Waals surface area contributed by atoms with Gasteiger partial charge in [-0.3, -0.25) is 14.7 Å². The first-order chi connectivity index (χ1) is 14.6. The Kier molecular flexibility index (Phi) is 4.43. The van der Waals surface area contributed by atoms with E-state index >= 15 is 0 Å². The van der Waals surface area contributed by atoms with Crippen LogP contribution < -0.4 is 4.90 Å². The van der Waals surface area contributed by atoms with Crippen molar-refractivity contribution in [2.24, 2.45) is 0 Å². The second-order valence-electron chi connectivity index (χ2n) is 7.82. The average Bonchev–Trinajstić information content (AvgIpc) is 3.35. The van der Waals surface area contributed by atoms with E-state index in [1.807, 2.05) is 54.1 Å². The zero-order valence-electron chi connectivity index (χ0n) is 16.8. The highest BCUT2D eigenvalue weighted by Gasteiger charge is 2.47. The number of benzene rings is 2. The number of nitrogens with zero attached hydrogens (tertiary/aromatic N) is 4. The zero-order chi connectivity index (χ0) is 20.6. The van der Waals surface area contributed by atoms with Gasteiger partial charge in [0, 0.05) is 25.0 Å². The minimum atomic E-state index is -0.713. The molecule has 4 aromatic rings. The third-order valence-corrected chi connectivity index (χ3v) is 5.76. The first-order valence-corrected chi connectivity index (χ1v) is 10.1. The lowest BCUT2D eigenvalue weighted by Gasteiger charge is -2.25. The smallest absolute Gasteiger partial charge is 0.256 e. The van der Waals surface area contributed by atoms with Crippen LogP contribution in [0.2, 0.25) is 0 Å². The van der Waals surface area contributed by atoms with Gasteiger partial charge >= 0.3 is 0 Å². The van der Waals surface area contributed by atoms with Crippen LogP contribution >= 0.6 is 0 Å². The number of aromatic nitrogens is 3. The zero-order valence-corrected chi connectivity index (χ0v) is 16.8.